The third-order valence-electron chi connectivity index (χ3n) is 8.93. The molecule has 1 aliphatic carbocycles. The van der Waals surface area contributed by atoms with Crippen molar-refractivity contribution in [1.82, 2.24) is 10.0 Å². The molecule has 0 heterocycles. The summed E-state index contributed by atoms with van der Waals surface area (Å²) in [6, 6.07) is 14.7. The van der Waals surface area contributed by atoms with Crippen molar-refractivity contribution in [2.75, 3.05) is 20.3 Å². The number of esters is 1. The van der Waals surface area contributed by atoms with Crippen molar-refractivity contribution in [3.05, 3.63) is 112 Å². The number of nitrogens with zero attached hydrogens (tertiary/aromatic N) is 1. The quantitative estimate of drug-likeness (QED) is 0.0224. The lowest BCUT2D eigenvalue weighted by molar-refractivity contribution is -0.137. The molecule has 0 aromatic heterocycles. The van der Waals surface area contributed by atoms with Gasteiger partial charge in [-0.15, -0.1) is 0 Å². The summed E-state index contributed by atoms with van der Waals surface area (Å²) in [5.74, 6) is -15.8. The minimum absolute atomic E-state index is 0.0396. The molecule has 1 atom stereocenters. The van der Waals surface area contributed by atoms with E-state index in [0.29, 0.717) is 22.4 Å². The Morgan fingerprint density at radius 1 is 0.870 bits per heavy atom. The first-order valence-electron chi connectivity index (χ1n) is 16.4. The summed E-state index contributed by atoms with van der Waals surface area (Å²) in [5.41, 5.74) is 10.9. The predicted octanol–water partition coefficient (Wildman–Crippen LogP) is 6.20. The van der Waals surface area contributed by atoms with E-state index in [9.17, 15) is 40.0 Å². The lowest BCUT2D eigenvalue weighted by atomic mass is 9.98. The van der Waals surface area contributed by atoms with Crippen LogP contribution >= 0.6 is 0 Å². The van der Waals surface area contributed by atoms with Gasteiger partial charge >= 0.3 is 12.1 Å². The van der Waals surface area contributed by atoms with Crippen molar-refractivity contribution in [2.45, 2.75) is 50.5 Å². The van der Waals surface area contributed by atoms with Crippen LogP contribution in [0.5, 0.6) is 11.5 Å². The van der Waals surface area contributed by atoms with Gasteiger partial charge in [0.05, 0.1) is 12.0 Å². The summed E-state index contributed by atoms with van der Waals surface area (Å²) < 4.78 is 114. The number of halogens is 5. The summed E-state index contributed by atoms with van der Waals surface area (Å²) in [5, 5.41) is 2.22. The van der Waals surface area contributed by atoms with Crippen LogP contribution in [0.15, 0.2) is 64.5 Å². The fourth-order valence-electron chi connectivity index (χ4n) is 6.24. The number of ether oxygens (including phenoxy) is 3. The second-order valence-corrected chi connectivity index (χ2v) is 14.0. The molecule has 4 aromatic carbocycles. The second kappa shape index (κ2) is 16.1. The SMILES string of the molecule is COc1cc(C)c(S(=O)(=O)NC(N)=NCCCC(NC(=O)OCC2c3ccccc3-c3ccccc32)C(=O)Oc2c(F)c(F)c(F)c(F)c2F)c(C)c1C. The largest absolute Gasteiger partial charge is 0.496 e. The van der Waals surface area contributed by atoms with Gasteiger partial charge in [0.2, 0.25) is 40.8 Å². The van der Waals surface area contributed by atoms with Crippen LogP contribution in [0.1, 0.15) is 46.6 Å². The lowest BCUT2D eigenvalue weighted by Gasteiger charge is -2.19. The van der Waals surface area contributed by atoms with Gasteiger partial charge in [0.15, 0.2) is 0 Å². The third kappa shape index (κ3) is 7.95. The van der Waals surface area contributed by atoms with Crippen molar-refractivity contribution >= 4 is 28.0 Å². The molecule has 0 bridgehead atoms. The lowest BCUT2D eigenvalue weighted by Crippen LogP contribution is -2.44. The minimum Gasteiger partial charge on any atom is -0.496 e. The second-order valence-electron chi connectivity index (χ2n) is 12.3. The molecule has 1 unspecified atom stereocenters. The van der Waals surface area contributed by atoms with Crippen LogP contribution < -0.4 is 25.2 Å². The molecule has 5 rings (SSSR count). The first-order chi connectivity index (χ1) is 25.6. The van der Waals surface area contributed by atoms with Crippen LogP contribution in [0.4, 0.5) is 26.7 Å². The normalized spacial score (nSPS) is 13.2. The van der Waals surface area contributed by atoms with E-state index < -0.39 is 75.3 Å². The molecule has 1 amide bonds. The zero-order chi connectivity index (χ0) is 39.5. The molecule has 0 fully saturated rings. The van der Waals surface area contributed by atoms with E-state index in [2.05, 4.69) is 19.8 Å². The number of rotatable bonds is 12. The number of hydrogen-bond donors (Lipinski definition) is 3. The maximum atomic E-state index is 14.4. The molecule has 17 heteroatoms. The maximum absolute atomic E-state index is 14.4. The van der Waals surface area contributed by atoms with Crippen molar-refractivity contribution < 1.29 is 54.2 Å². The molecule has 11 nitrogen and oxygen atoms in total. The Kier molecular flexibility index (Phi) is 11.8. The van der Waals surface area contributed by atoms with Gasteiger partial charge < -0.3 is 25.3 Å². The first-order valence-corrected chi connectivity index (χ1v) is 17.9. The van der Waals surface area contributed by atoms with E-state index in [4.69, 9.17) is 15.2 Å². The van der Waals surface area contributed by atoms with Crippen LogP contribution in [0.25, 0.3) is 11.1 Å². The molecule has 4 aromatic rings. The van der Waals surface area contributed by atoms with Crippen LogP contribution in [0, 0.1) is 49.9 Å². The number of methoxy groups -OCH3 is 1. The van der Waals surface area contributed by atoms with Gasteiger partial charge in [-0.1, -0.05) is 48.5 Å². The molecule has 286 valence electrons. The van der Waals surface area contributed by atoms with Gasteiger partial charge in [-0.25, -0.2) is 35.9 Å². The number of hydrogen-bond acceptors (Lipinski definition) is 8. The number of carbonyl (C=O) groups excluding carboxylic acids is 2. The van der Waals surface area contributed by atoms with Crippen LogP contribution in [-0.4, -0.2) is 52.7 Å². The van der Waals surface area contributed by atoms with E-state index in [1.165, 1.54) is 7.11 Å². The zero-order valence-corrected chi connectivity index (χ0v) is 30.2. The Bertz CT molecular complexity index is 2200. The van der Waals surface area contributed by atoms with Gasteiger partial charge in [0, 0.05) is 12.5 Å². The smallest absolute Gasteiger partial charge is 0.407 e. The highest BCUT2D eigenvalue weighted by atomic mass is 32.2. The van der Waals surface area contributed by atoms with Gasteiger partial charge in [-0.2, -0.15) is 8.78 Å². The molecule has 0 saturated heterocycles. The predicted molar refractivity (Wildman–Crippen MR) is 187 cm³/mol. The van der Waals surface area contributed by atoms with Gasteiger partial charge in [-0.05, 0) is 78.6 Å². The van der Waals surface area contributed by atoms with Crippen molar-refractivity contribution in [1.29, 1.82) is 0 Å². The number of carbonyl (C=O) groups is 2. The highest BCUT2D eigenvalue weighted by Crippen LogP contribution is 2.44. The van der Waals surface area contributed by atoms with Crippen LogP contribution in [0.2, 0.25) is 0 Å². The number of sulfonamides is 1. The fourth-order valence-corrected chi connectivity index (χ4v) is 7.72. The summed E-state index contributed by atoms with van der Waals surface area (Å²) in [6.45, 7) is 4.42. The molecule has 0 radical (unpaired) electrons. The van der Waals surface area contributed by atoms with Crippen molar-refractivity contribution in [3.8, 4) is 22.6 Å². The number of amides is 1. The molecule has 0 saturated carbocycles. The minimum atomic E-state index is -4.22. The Labute approximate surface area is 307 Å². The number of benzene rings is 4. The van der Waals surface area contributed by atoms with Crippen LogP contribution in [-0.2, 0) is 19.6 Å². The van der Waals surface area contributed by atoms with Gasteiger partial charge in [-0.3, -0.25) is 4.99 Å². The monoisotopic (exact) mass is 774 g/mol. The molecular weight excluding hydrogens is 739 g/mol. The summed E-state index contributed by atoms with van der Waals surface area (Å²) in [7, 11) is -2.77. The molecule has 0 spiro atoms. The number of guanidine groups is 1. The average Bonchev–Trinajstić information content (AvgIpc) is 3.46. The first kappa shape index (κ1) is 39.5. The summed E-state index contributed by atoms with van der Waals surface area (Å²) >= 11 is 0. The number of nitrogens with one attached hydrogen (secondary N) is 2. The van der Waals surface area contributed by atoms with E-state index >= 15 is 0 Å². The van der Waals surface area contributed by atoms with Crippen molar-refractivity contribution in [2.24, 2.45) is 10.7 Å². The molecule has 0 aliphatic heterocycles. The number of aryl methyl sites for hydroxylation is 1. The Hall–Kier alpha value is -5.71. The van der Waals surface area contributed by atoms with E-state index in [-0.39, 0.29) is 30.4 Å². The number of aliphatic imine (C=N–C) groups is 1. The van der Waals surface area contributed by atoms with E-state index in [0.717, 1.165) is 22.3 Å². The van der Waals surface area contributed by atoms with E-state index in [1.54, 1.807) is 26.8 Å². The van der Waals surface area contributed by atoms with E-state index in [1.807, 2.05) is 48.5 Å². The number of alkyl carbamates (subject to hydrolysis) is 1. The third-order valence-corrected chi connectivity index (χ3v) is 10.6. The Morgan fingerprint density at radius 2 is 1.43 bits per heavy atom. The fraction of sp³-hybridized carbons (Fsp3) is 0.270. The average molecular weight is 775 g/mol. The standard InChI is InChI=1S/C37H35F5N4O7S/c1-18-16-27(51-4)19(2)20(3)34(18)54(49,50)46-36(43)44-15-9-14-26(35(47)53-33-31(41)29(39)28(38)30(40)32(33)42)45-37(48)52-17-25-23-12-7-5-10-21(23)22-11-6-8-13-24(22)25/h5-8,10-13,16,25-26H,9,14-15,17H2,1-4H3,(H,45,48)(H3,43,44,46). The number of fused-ring (bicyclic) bond motifs is 3. The number of nitrogens with two attached hydrogens (primary N) is 1. The maximum Gasteiger partial charge on any atom is 0.407 e. The highest BCUT2D eigenvalue weighted by Gasteiger charge is 2.33. The molecule has 1 aliphatic rings. The zero-order valence-electron chi connectivity index (χ0n) is 29.4. The highest BCUT2D eigenvalue weighted by molar-refractivity contribution is 7.90. The Morgan fingerprint density at radius 3 is 2.00 bits per heavy atom. The molecule has 54 heavy (non-hydrogen) atoms. The summed E-state index contributed by atoms with van der Waals surface area (Å²) in [4.78, 5) is 30.1. The topological polar surface area (TPSA) is 158 Å². The van der Waals surface area contributed by atoms with Crippen LogP contribution in [0.3, 0.4) is 0 Å². The molecule has 4 N–H and O–H groups in total. The summed E-state index contributed by atoms with van der Waals surface area (Å²) in [6.07, 6.45) is -1.69. The van der Waals surface area contributed by atoms with Crippen molar-refractivity contribution in [3.63, 3.8) is 0 Å². The van der Waals surface area contributed by atoms with Gasteiger partial charge in [0.25, 0.3) is 10.0 Å². The molecular formula is C37H35F5N4O7S. The van der Waals surface area contributed by atoms with Gasteiger partial charge in [0.1, 0.15) is 18.4 Å². The Balaban J connectivity index is 1.30.